The highest BCUT2D eigenvalue weighted by Gasteiger charge is 2.10. The molecule has 1 heterocycles. The Labute approximate surface area is 76.4 Å². The highest BCUT2D eigenvalue weighted by molar-refractivity contribution is 5.85. The Morgan fingerprint density at radius 3 is 2.85 bits per heavy atom. The Kier molecular flexibility index (Phi) is 2.89. The summed E-state index contributed by atoms with van der Waals surface area (Å²) in [6, 6.07) is 0. The van der Waals surface area contributed by atoms with Crippen LogP contribution in [0, 0.1) is 0 Å². The number of hydrogen-bond acceptors (Lipinski definition) is 3. The van der Waals surface area contributed by atoms with E-state index in [1.54, 1.807) is 4.57 Å². The second-order valence-electron chi connectivity index (χ2n) is 2.57. The van der Waals surface area contributed by atoms with Gasteiger partial charge < -0.3 is 15.0 Å². The number of carboxylic acids is 1. The molecule has 0 aliphatic heterocycles. The van der Waals surface area contributed by atoms with Crippen LogP contribution in [0.4, 0.5) is 5.95 Å². The van der Waals surface area contributed by atoms with E-state index in [1.807, 2.05) is 13.8 Å². The number of imidazole rings is 1. The smallest absolute Gasteiger partial charge is 0.356 e. The Balaban J connectivity index is 2.96. The first-order valence-corrected chi connectivity index (χ1v) is 4.23. The van der Waals surface area contributed by atoms with Crippen LogP contribution in [0.2, 0.25) is 0 Å². The molecule has 0 bridgehead atoms. The number of carbonyl (C=O) groups is 1. The van der Waals surface area contributed by atoms with Gasteiger partial charge in [0.25, 0.3) is 0 Å². The van der Waals surface area contributed by atoms with E-state index >= 15 is 0 Å². The molecule has 0 amide bonds. The minimum atomic E-state index is -0.994. The van der Waals surface area contributed by atoms with E-state index in [9.17, 15) is 4.79 Å². The van der Waals surface area contributed by atoms with E-state index < -0.39 is 5.97 Å². The van der Waals surface area contributed by atoms with Crippen LogP contribution >= 0.6 is 0 Å². The summed E-state index contributed by atoms with van der Waals surface area (Å²) in [5.74, 6) is -0.381. The third kappa shape index (κ3) is 1.99. The summed E-state index contributed by atoms with van der Waals surface area (Å²) in [5, 5.41) is 11.7. The molecule has 0 aliphatic carbocycles. The van der Waals surface area contributed by atoms with E-state index in [4.69, 9.17) is 5.11 Å². The Hall–Kier alpha value is -1.52. The lowest BCUT2D eigenvalue weighted by molar-refractivity contribution is 0.0691. The Bertz CT molecular complexity index is 306. The fourth-order valence-electron chi connectivity index (χ4n) is 1.06. The zero-order chi connectivity index (χ0) is 9.84. The van der Waals surface area contributed by atoms with E-state index in [0.717, 1.165) is 6.54 Å². The van der Waals surface area contributed by atoms with E-state index in [1.165, 1.54) is 6.20 Å². The number of nitrogens with one attached hydrogen (secondary N) is 1. The predicted molar refractivity (Wildman–Crippen MR) is 49.0 cm³/mol. The van der Waals surface area contributed by atoms with Gasteiger partial charge in [-0.1, -0.05) is 0 Å². The van der Waals surface area contributed by atoms with Gasteiger partial charge in [-0.3, -0.25) is 0 Å². The lowest BCUT2D eigenvalue weighted by Gasteiger charge is -2.03. The first-order chi connectivity index (χ1) is 6.19. The summed E-state index contributed by atoms with van der Waals surface area (Å²) in [5.41, 5.74) is 0.0813. The van der Waals surface area contributed by atoms with Crippen molar-refractivity contribution in [3.05, 3.63) is 11.9 Å². The van der Waals surface area contributed by atoms with Gasteiger partial charge in [-0.2, -0.15) is 0 Å². The van der Waals surface area contributed by atoms with Crippen molar-refractivity contribution in [1.29, 1.82) is 0 Å². The predicted octanol–water partition coefficient (Wildman–Crippen LogP) is 1.03. The molecular formula is C8H13N3O2. The fourth-order valence-corrected chi connectivity index (χ4v) is 1.06. The maximum absolute atomic E-state index is 10.6. The SMILES string of the molecule is CCNc1nc(C(=O)O)cn1CC. The number of rotatable bonds is 4. The normalized spacial score (nSPS) is 10.0. The zero-order valence-electron chi connectivity index (χ0n) is 7.74. The van der Waals surface area contributed by atoms with Gasteiger partial charge in [0.05, 0.1) is 0 Å². The lowest BCUT2D eigenvalue weighted by atomic mass is 10.5. The molecule has 0 unspecified atom stereocenters. The molecule has 0 spiro atoms. The van der Waals surface area contributed by atoms with Crippen molar-refractivity contribution in [3.63, 3.8) is 0 Å². The summed E-state index contributed by atoms with van der Waals surface area (Å²) < 4.78 is 1.77. The number of aromatic carboxylic acids is 1. The first kappa shape index (κ1) is 9.57. The molecule has 72 valence electrons. The summed E-state index contributed by atoms with van der Waals surface area (Å²) in [7, 11) is 0. The molecule has 1 aromatic heterocycles. The molecule has 0 saturated carbocycles. The first-order valence-electron chi connectivity index (χ1n) is 4.23. The van der Waals surface area contributed by atoms with Gasteiger partial charge >= 0.3 is 5.97 Å². The van der Waals surface area contributed by atoms with Crippen LogP contribution in [0.1, 0.15) is 24.3 Å². The second kappa shape index (κ2) is 3.93. The topological polar surface area (TPSA) is 67.2 Å². The molecule has 13 heavy (non-hydrogen) atoms. The van der Waals surface area contributed by atoms with Gasteiger partial charge in [0.1, 0.15) is 0 Å². The molecular weight excluding hydrogens is 170 g/mol. The summed E-state index contributed by atoms with van der Waals surface area (Å²) in [6.45, 7) is 5.32. The Morgan fingerprint density at radius 2 is 2.38 bits per heavy atom. The van der Waals surface area contributed by atoms with Crippen molar-refractivity contribution in [2.24, 2.45) is 0 Å². The highest BCUT2D eigenvalue weighted by Crippen LogP contribution is 2.08. The maximum atomic E-state index is 10.6. The van der Waals surface area contributed by atoms with Crippen LogP contribution in [0.15, 0.2) is 6.20 Å². The van der Waals surface area contributed by atoms with Crippen LogP contribution in [-0.4, -0.2) is 27.2 Å². The van der Waals surface area contributed by atoms with Gasteiger partial charge in [-0.15, -0.1) is 0 Å². The molecule has 1 aromatic rings. The van der Waals surface area contributed by atoms with Crippen molar-refractivity contribution < 1.29 is 9.90 Å². The minimum Gasteiger partial charge on any atom is -0.476 e. The maximum Gasteiger partial charge on any atom is 0.356 e. The van der Waals surface area contributed by atoms with Crippen LogP contribution < -0.4 is 5.32 Å². The molecule has 0 aliphatic rings. The van der Waals surface area contributed by atoms with Crippen LogP contribution in [0.25, 0.3) is 0 Å². The molecule has 0 fully saturated rings. The molecule has 1 rings (SSSR count). The standard InChI is InChI=1S/C8H13N3O2/c1-3-9-8-10-6(7(12)13)5-11(8)4-2/h5H,3-4H2,1-2H3,(H,9,10)(H,12,13). The van der Waals surface area contributed by atoms with Crippen LogP contribution in [-0.2, 0) is 6.54 Å². The van der Waals surface area contributed by atoms with Gasteiger partial charge in [0, 0.05) is 19.3 Å². The van der Waals surface area contributed by atoms with Gasteiger partial charge in [0.15, 0.2) is 5.69 Å². The number of carboxylic acid groups (broad SMARTS) is 1. The lowest BCUT2D eigenvalue weighted by Crippen LogP contribution is -2.04. The van der Waals surface area contributed by atoms with Crippen molar-refractivity contribution >= 4 is 11.9 Å². The third-order valence-electron chi connectivity index (χ3n) is 1.67. The third-order valence-corrected chi connectivity index (χ3v) is 1.67. The number of aryl methyl sites for hydroxylation is 1. The fraction of sp³-hybridized carbons (Fsp3) is 0.500. The molecule has 2 N–H and O–H groups in total. The number of aromatic nitrogens is 2. The van der Waals surface area contributed by atoms with Crippen molar-refractivity contribution in [1.82, 2.24) is 9.55 Å². The molecule has 0 atom stereocenters. The summed E-state index contributed by atoms with van der Waals surface area (Å²) in [4.78, 5) is 14.5. The van der Waals surface area contributed by atoms with Crippen LogP contribution in [0.3, 0.4) is 0 Å². The van der Waals surface area contributed by atoms with E-state index in [2.05, 4.69) is 10.3 Å². The summed E-state index contributed by atoms with van der Waals surface area (Å²) in [6.07, 6.45) is 1.53. The number of hydrogen-bond donors (Lipinski definition) is 2. The molecule has 0 aromatic carbocycles. The molecule has 5 heteroatoms. The highest BCUT2D eigenvalue weighted by atomic mass is 16.4. The van der Waals surface area contributed by atoms with Crippen LogP contribution in [0.5, 0.6) is 0 Å². The largest absolute Gasteiger partial charge is 0.476 e. The van der Waals surface area contributed by atoms with E-state index in [-0.39, 0.29) is 5.69 Å². The van der Waals surface area contributed by atoms with Crippen molar-refractivity contribution in [2.45, 2.75) is 20.4 Å². The number of nitrogens with zero attached hydrogens (tertiary/aromatic N) is 2. The number of anilines is 1. The minimum absolute atomic E-state index is 0.0813. The average Bonchev–Trinajstić information content (AvgIpc) is 2.48. The molecule has 0 saturated heterocycles. The van der Waals surface area contributed by atoms with Crippen molar-refractivity contribution in [3.8, 4) is 0 Å². The summed E-state index contributed by atoms with van der Waals surface area (Å²) >= 11 is 0. The van der Waals surface area contributed by atoms with Crippen molar-refractivity contribution in [2.75, 3.05) is 11.9 Å². The quantitative estimate of drug-likeness (QED) is 0.731. The zero-order valence-corrected chi connectivity index (χ0v) is 7.74. The monoisotopic (exact) mass is 183 g/mol. The second-order valence-corrected chi connectivity index (χ2v) is 2.57. The molecule has 0 radical (unpaired) electrons. The molecule has 5 nitrogen and oxygen atoms in total. The van der Waals surface area contributed by atoms with E-state index in [0.29, 0.717) is 12.5 Å². The van der Waals surface area contributed by atoms with Gasteiger partial charge in [-0.05, 0) is 13.8 Å². The Morgan fingerprint density at radius 1 is 1.69 bits per heavy atom. The average molecular weight is 183 g/mol. The van der Waals surface area contributed by atoms with Gasteiger partial charge in [0.2, 0.25) is 5.95 Å². The van der Waals surface area contributed by atoms with Gasteiger partial charge in [-0.25, -0.2) is 9.78 Å².